The molecule has 4 aromatic carbocycles. The molecule has 0 aliphatic rings. The van der Waals surface area contributed by atoms with Crippen LogP contribution in [0, 0.1) is 11.3 Å². The van der Waals surface area contributed by atoms with Crippen molar-refractivity contribution in [3.8, 4) is 6.07 Å². The van der Waals surface area contributed by atoms with E-state index in [1.165, 1.54) is 16.4 Å². The van der Waals surface area contributed by atoms with Crippen molar-refractivity contribution in [1.29, 1.82) is 5.26 Å². The molecule has 43 heavy (non-hydrogen) atoms. The molecule has 1 N–H and O–H groups in total. The van der Waals surface area contributed by atoms with E-state index >= 15 is 0 Å². The van der Waals surface area contributed by atoms with Crippen LogP contribution in [0.3, 0.4) is 0 Å². The van der Waals surface area contributed by atoms with Crippen LogP contribution in [0.4, 0.5) is 0 Å². The van der Waals surface area contributed by atoms with E-state index in [1.807, 2.05) is 66.7 Å². The first-order chi connectivity index (χ1) is 20.8. The summed E-state index contributed by atoms with van der Waals surface area (Å²) >= 11 is 0. The maximum absolute atomic E-state index is 13.8. The molecule has 1 heterocycles. The Hall–Kier alpha value is -4.78. The molecule has 5 rings (SSSR count). The minimum atomic E-state index is -3.73. The van der Waals surface area contributed by atoms with Crippen molar-refractivity contribution < 1.29 is 13.2 Å². The molecule has 0 aliphatic carbocycles. The van der Waals surface area contributed by atoms with Crippen LogP contribution in [0.25, 0.3) is 11.0 Å². The number of amides is 1. The molecule has 0 radical (unpaired) electrons. The zero-order valence-electron chi connectivity index (χ0n) is 24.1. The number of hydrogen-bond donors (Lipinski definition) is 1. The standard InChI is InChI=1S/C34H33N5O3S/c1-3-38(4-2)43(41,42)29-14-10-13-28(22-29)34(40)37-31(21-25-11-6-5-7-12-25)33-36-30-15-8-9-16-32(30)39(33)24-27-19-17-26(23-35)18-20-27/h5-20,22,31H,3-4,21,24H2,1-2H3,(H,37,40)/t31-/m0/s1. The Kier molecular flexibility index (Phi) is 9.00. The van der Waals surface area contributed by atoms with Crippen molar-refractivity contribution in [3.05, 3.63) is 131 Å². The molecule has 0 aliphatic heterocycles. The van der Waals surface area contributed by atoms with Gasteiger partial charge in [-0.05, 0) is 60.0 Å². The number of carbonyl (C=O) groups excluding carboxylic acids is 1. The number of aromatic nitrogens is 2. The number of nitrogens with one attached hydrogen (secondary N) is 1. The molecule has 1 aromatic heterocycles. The van der Waals surface area contributed by atoms with Crippen LogP contribution < -0.4 is 5.32 Å². The van der Waals surface area contributed by atoms with E-state index in [4.69, 9.17) is 4.98 Å². The van der Waals surface area contributed by atoms with Gasteiger partial charge in [0.25, 0.3) is 5.91 Å². The Morgan fingerprint density at radius 1 is 0.907 bits per heavy atom. The van der Waals surface area contributed by atoms with Gasteiger partial charge in [0.05, 0.1) is 33.6 Å². The summed E-state index contributed by atoms with van der Waals surface area (Å²) in [4.78, 5) is 18.8. The Labute approximate surface area is 252 Å². The van der Waals surface area contributed by atoms with Crippen molar-refractivity contribution in [2.45, 2.75) is 37.8 Å². The third kappa shape index (κ3) is 6.51. The summed E-state index contributed by atoms with van der Waals surface area (Å²) in [5, 5.41) is 12.4. The SMILES string of the molecule is CCN(CC)S(=O)(=O)c1cccc(C(=O)N[C@@H](Cc2ccccc2)c2nc3ccccc3n2Cc2ccc(C#N)cc2)c1. The summed E-state index contributed by atoms with van der Waals surface area (Å²) in [6.07, 6.45) is 0.473. The number of rotatable bonds is 11. The summed E-state index contributed by atoms with van der Waals surface area (Å²) in [6.45, 7) is 4.74. The predicted octanol–water partition coefficient (Wildman–Crippen LogP) is 5.70. The molecule has 0 bridgehead atoms. The second-order valence-electron chi connectivity index (χ2n) is 10.2. The first-order valence-corrected chi connectivity index (χ1v) is 15.7. The Morgan fingerprint density at radius 2 is 1.60 bits per heavy atom. The molecule has 9 heteroatoms. The number of nitriles is 1. The third-order valence-corrected chi connectivity index (χ3v) is 9.49. The minimum absolute atomic E-state index is 0.0801. The first-order valence-electron chi connectivity index (χ1n) is 14.2. The van der Waals surface area contributed by atoms with Crippen molar-refractivity contribution in [1.82, 2.24) is 19.2 Å². The summed E-state index contributed by atoms with van der Waals surface area (Å²) in [5.74, 6) is 0.282. The van der Waals surface area contributed by atoms with E-state index in [2.05, 4.69) is 16.0 Å². The summed E-state index contributed by atoms with van der Waals surface area (Å²) in [5.41, 5.74) is 4.55. The first kappa shape index (κ1) is 29.7. The summed E-state index contributed by atoms with van der Waals surface area (Å²) < 4.78 is 29.8. The second kappa shape index (κ2) is 13.0. The van der Waals surface area contributed by atoms with Crippen LogP contribution in [-0.4, -0.2) is 41.3 Å². The molecular formula is C34H33N5O3S. The smallest absolute Gasteiger partial charge is 0.251 e. The monoisotopic (exact) mass is 591 g/mol. The molecule has 0 spiro atoms. The lowest BCUT2D eigenvalue weighted by Crippen LogP contribution is -2.33. The molecule has 1 atom stereocenters. The lowest BCUT2D eigenvalue weighted by atomic mass is 10.0. The number of nitrogens with zero attached hydrogens (tertiary/aromatic N) is 4. The van der Waals surface area contributed by atoms with Crippen LogP contribution in [0.2, 0.25) is 0 Å². The summed E-state index contributed by atoms with van der Waals surface area (Å²) in [7, 11) is -3.73. The van der Waals surface area contributed by atoms with Gasteiger partial charge in [-0.25, -0.2) is 13.4 Å². The Bertz CT molecular complexity index is 1870. The highest BCUT2D eigenvalue weighted by atomic mass is 32.2. The van der Waals surface area contributed by atoms with Gasteiger partial charge >= 0.3 is 0 Å². The largest absolute Gasteiger partial charge is 0.342 e. The molecule has 0 saturated heterocycles. The quantitative estimate of drug-likeness (QED) is 0.212. The van der Waals surface area contributed by atoms with Gasteiger partial charge in [0.1, 0.15) is 5.82 Å². The number of para-hydroxylation sites is 2. The molecular weight excluding hydrogens is 558 g/mol. The van der Waals surface area contributed by atoms with Crippen molar-refractivity contribution >= 4 is 27.0 Å². The summed E-state index contributed by atoms with van der Waals surface area (Å²) in [6, 6.07) is 32.9. The van der Waals surface area contributed by atoms with Gasteiger partial charge in [0.15, 0.2) is 0 Å². The van der Waals surface area contributed by atoms with Crippen LogP contribution >= 0.6 is 0 Å². The fourth-order valence-electron chi connectivity index (χ4n) is 5.20. The molecule has 1 amide bonds. The van der Waals surface area contributed by atoms with Crippen LogP contribution in [0.1, 0.15) is 52.8 Å². The van der Waals surface area contributed by atoms with E-state index < -0.39 is 22.0 Å². The van der Waals surface area contributed by atoms with Gasteiger partial charge in [-0.1, -0.05) is 74.5 Å². The highest BCUT2D eigenvalue weighted by Gasteiger charge is 2.26. The van der Waals surface area contributed by atoms with E-state index in [9.17, 15) is 18.5 Å². The Balaban J connectivity index is 1.55. The molecule has 8 nitrogen and oxygen atoms in total. The highest BCUT2D eigenvalue weighted by molar-refractivity contribution is 7.89. The lowest BCUT2D eigenvalue weighted by molar-refractivity contribution is 0.0934. The minimum Gasteiger partial charge on any atom is -0.342 e. The van der Waals surface area contributed by atoms with Gasteiger partial charge in [-0.3, -0.25) is 4.79 Å². The number of benzene rings is 4. The van der Waals surface area contributed by atoms with E-state index in [1.54, 1.807) is 38.1 Å². The third-order valence-electron chi connectivity index (χ3n) is 7.45. The number of hydrogen-bond acceptors (Lipinski definition) is 5. The fourth-order valence-corrected chi connectivity index (χ4v) is 6.71. The van der Waals surface area contributed by atoms with Crippen molar-refractivity contribution in [2.24, 2.45) is 0 Å². The van der Waals surface area contributed by atoms with Crippen LogP contribution in [0.15, 0.2) is 108 Å². The zero-order valence-corrected chi connectivity index (χ0v) is 25.0. The average Bonchev–Trinajstić information content (AvgIpc) is 3.40. The molecule has 0 saturated carbocycles. The van der Waals surface area contributed by atoms with E-state index in [0.29, 0.717) is 37.4 Å². The van der Waals surface area contributed by atoms with Gasteiger partial charge in [-0.2, -0.15) is 9.57 Å². The Morgan fingerprint density at radius 3 is 2.30 bits per heavy atom. The van der Waals surface area contributed by atoms with Gasteiger partial charge in [0.2, 0.25) is 10.0 Å². The maximum Gasteiger partial charge on any atom is 0.251 e. The second-order valence-corrected chi connectivity index (χ2v) is 12.1. The number of carbonyl (C=O) groups is 1. The van der Waals surface area contributed by atoms with E-state index in [0.717, 1.165) is 22.2 Å². The van der Waals surface area contributed by atoms with Gasteiger partial charge < -0.3 is 9.88 Å². The van der Waals surface area contributed by atoms with Crippen molar-refractivity contribution in [2.75, 3.05) is 13.1 Å². The molecule has 0 fully saturated rings. The number of fused-ring (bicyclic) bond motifs is 1. The number of sulfonamides is 1. The molecule has 5 aromatic rings. The average molecular weight is 592 g/mol. The van der Waals surface area contributed by atoms with Crippen LogP contribution in [-0.2, 0) is 23.0 Å². The normalized spacial score (nSPS) is 12.2. The van der Waals surface area contributed by atoms with Gasteiger partial charge in [0, 0.05) is 25.2 Å². The maximum atomic E-state index is 13.8. The zero-order chi connectivity index (χ0) is 30.4. The number of imidazole rings is 1. The predicted molar refractivity (Wildman–Crippen MR) is 167 cm³/mol. The lowest BCUT2D eigenvalue weighted by Gasteiger charge is -2.21. The van der Waals surface area contributed by atoms with E-state index in [-0.39, 0.29) is 10.5 Å². The van der Waals surface area contributed by atoms with Crippen molar-refractivity contribution in [3.63, 3.8) is 0 Å². The molecule has 218 valence electrons. The van der Waals surface area contributed by atoms with Crippen LogP contribution in [0.5, 0.6) is 0 Å². The topological polar surface area (TPSA) is 108 Å². The van der Waals surface area contributed by atoms with Gasteiger partial charge in [-0.15, -0.1) is 0 Å². The highest BCUT2D eigenvalue weighted by Crippen LogP contribution is 2.26. The molecule has 0 unspecified atom stereocenters. The fraction of sp³-hybridized carbons (Fsp3) is 0.206.